The van der Waals surface area contributed by atoms with Gasteiger partial charge in [-0.1, -0.05) is 58.1 Å². The van der Waals surface area contributed by atoms with Gasteiger partial charge in [0, 0.05) is 0 Å². The maximum atomic E-state index is 12.6. The molecule has 0 heterocycles. The highest BCUT2D eigenvalue weighted by atomic mass is 28.3. The summed E-state index contributed by atoms with van der Waals surface area (Å²) in [4.78, 5) is 0. The molecule has 0 unspecified atom stereocenters. The van der Waals surface area contributed by atoms with Crippen LogP contribution in [0.15, 0.2) is 48.5 Å². The van der Waals surface area contributed by atoms with E-state index >= 15 is 0 Å². The second-order valence-electron chi connectivity index (χ2n) is 9.65. The normalized spacial score (nSPS) is 12.8. The Morgan fingerprint density at radius 2 is 1.15 bits per heavy atom. The summed E-state index contributed by atoms with van der Waals surface area (Å²) in [5.41, 5.74) is 0.419. The molecule has 0 atom stereocenters. The van der Waals surface area contributed by atoms with Crippen LogP contribution in [0.1, 0.15) is 41.5 Å². The van der Waals surface area contributed by atoms with Crippen LogP contribution in [0, 0.1) is 0 Å². The Balaban J connectivity index is 2.36. The summed E-state index contributed by atoms with van der Waals surface area (Å²) in [5, 5.41) is 29.5. The maximum Gasteiger partial charge on any atom is 0.112 e. The quantitative estimate of drug-likeness (QED) is 0.579. The smallest absolute Gasteiger partial charge is 0.112 e. The molecule has 0 aliphatic heterocycles. The molecule has 2 rings (SSSR count). The fourth-order valence-electron chi connectivity index (χ4n) is 2.98. The molecule has 0 aliphatic rings. The van der Waals surface area contributed by atoms with E-state index in [1.807, 2.05) is 71.9 Å². The number of nitrogens with zero attached hydrogens (tertiary/aromatic N) is 2. The minimum Gasteiger partial charge on any atom is -0.215 e. The van der Waals surface area contributed by atoms with Crippen LogP contribution >= 0.6 is 0 Å². The Bertz CT molecular complexity index is 774. The molecule has 0 aliphatic carbocycles. The molecule has 2 aromatic rings. The first-order valence-electron chi connectivity index (χ1n) is 9.40. The minimum absolute atomic E-state index is 0.465. The van der Waals surface area contributed by atoms with Crippen LogP contribution in [0.2, 0.25) is 13.1 Å². The third-order valence-corrected chi connectivity index (χ3v) is 8.38. The van der Waals surface area contributed by atoms with Gasteiger partial charge in [0.15, 0.2) is 0 Å². The van der Waals surface area contributed by atoms with Gasteiger partial charge in [0.05, 0.1) is 22.5 Å². The van der Waals surface area contributed by atoms with Crippen molar-refractivity contribution >= 4 is 29.8 Å². The van der Waals surface area contributed by atoms with Gasteiger partial charge < -0.3 is 0 Å². The van der Waals surface area contributed by atoms with Gasteiger partial charge in [0.25, 0.3) is 0 Å². The van der Waals surface area contributed by atoms with Crippen LogP contribution in [-0.4, -0.2) is 19.2 Å². The molecule has 0 spiro atoms. The van der Waals surface area contributed by atoms with Crippen molar-refractivity contribution in [2.75, 3.05) is 10.1 Å². The van der Waals surface area contributed by atoms with Crippen LogP contribution < -0.4 is 20.5 Å². The Kier molecular flexibility index (Phi) is 5.81. The second kappa shape index (κ2) is 7.30. The summed E-state index contributed by atoms with van der Waals surface area (Å²) in [6.45, 7) is 16.0. The van der Waals surface area contributed by atoms with Crippen LogP contribution in [0.4, 0.5) is 11.4 Å². The first kappa shape index (κ1) is 21.5. The number of hydroxylamine groups is 2. The standard InChI is InChI=1S/C22H32N2O2Si/c1-21(2,3)23(25)17-12-14-19(15-13-17)27(7,8)20-11-9-10-18(16-20)24(26)22(4,5)6/h9-16H,1-8H3. The van der Waals surface area contributed by atoms with E-state index in [1.54, 1.807) is 0 Å². The highest BCUT2D eigenvalue weighted by molar-refractivity contribution is 7.00. The van der Waals surface area contributed by atoms with Crippen LogP contribution in [0.25, 0.3) is 0 Å². The zero-order valence-electron chi connectivity index (χ0n) is 17.8. The van der Waals surface area contributed by atoms with Crippen LogP contribution in [-0.2, 0) is 10.4 Å². The minimum atomic E-state index is -1.98. The van der Waals surface area contributed by atoms with E-state index < -0.39 is 19.2 Å². The van der Waals surface area contributed by atoms with Crippen molar-refractivity contribution in [1.29, 1.82) is 0 Å². The Hall–Kier alpha value is -1.82. The predicted molar refractivity (Wildman–Crippen MR) is 115 cm³/mol. The SMILES string of the molecule is CC(C)(C)N([O])c1ccc([Si](C)(C)c2cccc(N([O])C(C)(C)C)c2)cc1. The van der Waals surface area contributed by atoms with Gasteiger partial charge in [-0.05, 0) is 65.8 Å². The van der Waals surface area contributed by atoms with Crippen molar-refractivity contribution in [2.45, 2.75) is 65.7 Å². The van der Waals surface area contributed by atoms with Crippen LogP contribution in [0.5, 0.6) is 0 Å². The summed E-state index contributed by atoms with van der Waals surface area (Å²) in [6, 6.07) is 15.9. The maximum absolute atomic E-state index is 12.6. The Morgan fingerprint density at radius 1 is 0.667 bits per heavy atom. The van der Waals surface area contributed by atoms with Crippen molar-refractivity contribution in [2.24, 2.45) is 0 Å². The highest BCUT2D eigenvalue weighted by Gasteiger charge is 2.29. The zero-order chi connectivity index (χ0) is 20.6. The van der Waals surface area contributed by atoms with Crippen molar-refractivity contribution in [3.05, 3.63) is 48.5 Å². The van der Waals surface area contributed by atoms with Gasteiger partial charge in [-0.3, -0.25) is 0 Å². The van der Waals surface area contributed by atoms with E-state index in [-0.39, 0.29) is 0 Å². The van der Waals surface area contributed by atoms with E-state index in [0.717, 1.165) is 10.1 Å². The molecule has 0 saturated heterocycles. The summed E-state index contributed by atoms with van der Waals surface area (Å²) in [5.74, 6) is 0. The molecule has 5 heteroatoms. The van der Waals surface area contributed by atoms with Gasteiger partial charge in [-0.2, -0.15) is 0 Å². The molecule has 0 saturated carbocycles. The molecule has 0 aromatic heterocycles. The number of hydrogen-bond acceptors (Lipinski definition) is 2. The largest absolute Gasteiger partial charge is 0.215 e. The Labute approximate surface area is 165 Å². The summed E-state index contributed by atoms with van der Waals surface area (Å²) < 4.78 is 0. The van der Waals surface area contributed by atoms with Crippen molar-refractivity contribution in [1.82, 2.24) is 0 Å². The van der Waals surface area contributed by atoms with Crippen molar-refractivity contribution in [3.63, 3.8) is 0 Å². The summed E-state index contributed by atoms with van der Waals surface area (Å²) in [6.07, 6.45) is 0. The summed E-state index contributed by atoms with van der Waals surface area (Å²) in [7, 11) is -1.98. The first-order valence-corrected chi connectivity index (χ1v) is 12.4. The number of rotatable bonds is 4. The molecule has 0 fully saturated rings. The third kappa shape index (κ3) is 4.72. The van der Waals surface area contributed by atoms with Gasteiger partial charge in [0.2, 0.25) is 0 Å². The third-order valence-electron chi connectivity index (χ3n) is 4.84. The number of benzene rings is 2. The van der Waals surface area contributed by atoms with Gasteiger partial charge in [-0.25, -0.2) is 10.1 Å². The lowest BCUT2D eigenvalue weighted by Gasteiger charge is -2.31. The monoisotopic (exact) mass is 384 g/mol. The molecule has 0 N–H and O–H groups in total. The van der Waals surface area contributed by atoms with E-state index in [4.69, 9.17) is 0 Å². The average molecular weight is 385 g/mol. The second-order valence-corrected chi connectivity index (χ2v) is 14.1. The van der Waals surface area contributed by atoms with E-state index in [9.17, 15) is 10.4 Å². The van der Waals surface area contributed by atoms with E-state index in [2.05, 4.69) is 31.3 Å². The molecule has 27 heavy (non-hydrogen) atoms. The molecule has 0 bridgehead atoms. The van der Waals surface area contributed by atoms with Crippen molar-refractivity contribution in [3.8, 4) is 0 Å². The van der Waals surface area contributed by atoms with Gasteiger partial charge >= 0.3 is 0 Å². The zero-order valence-corrected chi connectivity index (χ0v) is 18.8. The van der Waals surface area contributed by atoms with Gasteiger partial charge in [0.1, 0.15) is 8.07 Å². The Morgan fingerprint density at radius 3 is 1.63 bits per heavy atom. The van der Waals surface area contributed by atoms with E-state index in [0.29, 0.717) is 11.4 Å². The van der Waals surface area contributed by atoms with Crippen molar-refractivity contribution < 1.29 is 10.4 Å². The first-order chi connectivity index (χ1) is 12.2. The predicted octanol–water partition coefficient (Wildman–Crippen LogP) is 4.41. The topological polar surface area (TPSA) is 46.3 Å². The average Bonchev–Trinajstić information content (AvgIpc) is 2.59. The van der Waals surface area contributed by atoms with Gasteiger partial charge in [-0.15, -0.1) is 0 Å². The molecule has 4 nitrogen and oxygen atoms in total. The fraction of sp³-hybridized carbons (Fsp3) is 0.455. The number of anilines is 2. The summed E-state index contributed by atoms with van der Waals surface area (Å²) >= 11 is 0. The highest BCUT2D eigenvalue weighted by Crippen LogP contribution is 2.23. The number of hydrogen-bond donors (Lipinski definition) is 0. The molecular weight excluding hydrogens is 352 g/mol. The lowest BCUT2D eigenvalue weighted by Crippen LogP contribution is -2.53. The lowest BCUT2D eigenvalue weighted by molar-refractivity contribution is 0.102. The molecule has 146 valence electrons. The van der Waals surface area contributed by atoms with E-state index in [1.165, 1.54) is 10.4 Å². The molecule has 2 radical (unpaired) electrons. The molecule has 0 amide bonds. The van der Waals surface area contributed by atoms with Crippen LogP contribution in [0.3, 0.4) is 0 Å². The fourth-order valence-corrected chi connectivity index (χ4v) is 5.33. The lowest BCUT2D eigenvalue weighted by atomic mass is 10.1. The molecule has 2 aromatic carbocycles. The molecular formula is C22H32N2O2Si.